The molecule has 35 heavy (non-hydrogen) atoms. The Morgan fingerprint density at radius 3 is 2.60 bits per heavy atom. The number of piperidine rings is 1. The molecule has 4 aromatic rings. The first-order valence-electron chi connectivity index (χ1n) is 10.3. The number of nitrogens with one attached hydrogen (secondary N) is 1. The molecule has 1 N–H and O–H groups in total. The van der Waals surface area contributed by atoms with E-state index in [9.17, 15) is 13.2 Å². The van der Waals surface area contributed by atoms with Crippen LogP contribution < -0.4 is 10.1 Å². The first-order valence-corrected chi connectivity index (χ1v) is 11.4. The Bertz CT molecular complexity index is 1440. The zero-order chi connectivity index (χ0) is 24.9. The van der Waals surface area contributed by atoms with Crippen LogP contribution in [0.3, 0.4) is 0 Å². The maximum absolute atomic E-state index is 13.1. The minimum atomic E-state index is -4.56. The van der Waals surface area contributed by atoms with Gasteiger partial charge in [-0.2, -0.15) is 18.2 Å². The molecule has 3 aromatic heterocycles. The van der Waals surface area contributed by atoms with Gasteiger partial charge in [0.05, 0.1) is 27.2 Å². The van der Waals surface area contributed by atoms with Crippen molar-refractivity contribution in [2.75, 3.05) is 6.54 Å². The van der Waals surface area contributed by atoms with Gasteiger partial charge in [-0.05, 0) is 25.0 Å². The number of hydrogen-bond donors (Lipinski definition) is 1. The predicted octanol–water partition coefficient (Wildman–Crippen LogP) is 6.67. The summed E-state index contributed by atoms with van der Waals surface area (Å²) in [5, 5.41) is 7.49. The molecule has 1 unspecified atom stereocenters. The van der Waals surface area contributed by atoms with Gasteiger partial charge in [0.1, 0.15) is 17.5 Å². The highest BCUT2D eigenvalue weighted by Crippen LogP contribution is 2.38. The minimum Gasteiger partial charge on any atom is -0.487 e. The number of hydrogen-bond acceptors (Lipinski definition) is 6. The van der Waals surface area contributed by atoms with Crippen LogP contribution in [0.25, 0.3) is 28.6 Å². The summed E-state index contributed by atoms with van der Waals surface area (Å²) in [7, 11) is 0. The number of benzene rings is 1. The van der Waals surface area contributed by atoms with Gasteiger partial charge in [-0.1, -0.05) is 46.5 Å². The molecule has 1 saturated heterocycles. The molecule has 0 spiro atoms. The topological polar surface area (TPSA) is 77.5 Å². The number of halogens is 6. The highest BCUT2D eigenvalue weighted by molar-refractivity contribution is 6.36. The van der Waals surface area contributed by atoms with Crippen LogP contribution >= 0.6 is 34.8 Å². The van der Waals surface area contributed by atoms with Crippen LogP contribution in [0.4, 0.5) is 13.2 Å². The zero-order valence-corrected chi connectivity index (χ0v) is 19.9. The number of rotatable bonds is 4. The van der Waals surface area contributed by atoms with Crippen LogP contribution in [0.2, 0.25) is 15.1 Å². The summed E-state index contributed by atoms with van der Waals surface area (Å²) in [5.74, 6) is 0.501. The van der Waals surface area contributed by atoms with Gasteiger partial charge in [-0.25, -0.2) is 4.98 Å². The fourth-order valence-electron chi connectivity index (χ4n) is 3.61. The quantitative estimate of drug-likeness (QED) is 0.309. The van der Waals surface area contributed by atoms with E-state index in [4.69, 9.17) is 44.1 Å². The molecule has 0 aliphatic carbocycles. The van der Waals surface area contributed by atoms with Gasteiger partial charge in [0.2, 0.25) is 5.82 Å². The number of pyridine rings is 1. The Morgan fingerprint density at radius 2 is 1.89 bits per heavy atom. The molecule has 0 saturated carbocycles. The second-order valence-corrected chi connectivity index (χ2v) is 9.10. The SMILES string of the molecule is C=C1CCC(Oc2cc(Cl)c(-c3noc(-c4cn5cc(C(F)(F)F)cc(Cl)c5n4)n3)cc2Cl)CN1. The standard InChI is InChI=1S/C22H15Cl3F3N5O2/c1-10-2-3-12(7-29-10)34-18-6-14(23)13(5-15(18)24)19-31-21(35-32-19)17-9-33-8-11(22(26,27)28)4-16(25)20(33)30-17/h4-6,8-9,12,29H,1-3,7H2. The molecule has 5 rings (SSSR count). The van der Waals surface area contributed by atoms with E-state index in [1.165, 1.54) is 6.20 Å². The third-order valence-corrected chi connectivity index (χ3v) is 6.27. The van der Waals surface area contributed by atoms with Gasteiger partial charge in [0, 0.05) is 29.7 Å². The van der Waals surface area contributed by atoms with Crippen molar-refractivity contribution in [3.63, 3.8) is 0 Å². The van der Waals surface area contributed by atoms with Gasteiger partial charge in [0.25, 0.3) is 5.89 Å². The van der Waals surface area contributed by atoms with E-state index in [0.29, 0.717) is 22.9 Å². The highest BCUT2D eigenvalue weighted by atomic mass is 35.5. The summed E-state index contributed by atoms with van der Waals surface area (Å²) in [6, 6.07) is 3.93. The number of alkyl halides is 3. The van der Waals surface area contributed by atoms with E-state index in [2.05, 4.69) is 27.0 Å². The first-order chi connectivity index (χ1) is 16.6. The first kappa shape index (κ1) is 23.8. The number of aromatic nitrogens is 4. The molecule has 0 amide bonds. The van der Waals surface area contributed by atoms with Crippen molar-refractivity contribution in [2.45, 2.75) is 25.1 Å². The normalized spacial score (nSPS) is 16.5. The van der Waals surface area contributed by atoms with Crippen LogP contribution in [0.15, 0.2) is 47.4 Å². The summed E-state index contributed by atoms with van der Waals surface area (Å²) in [4.78, 5) is 8.49. The van der Waals surface area contributed by atoms with Gasteiger partial charge in [0.15, 0.2) is 5.65 Å². The highest BCUT2D eigenvalue weighted by Gasteiger charge is 2.32. The molecule has 0 bridgehead atoms. The molecule has 1 fully saturated rings. The maximum atomic E-state index is 13.1. The Balaban J connectivity index is 1.42. The summed E-state index contributed by atoms with van der Waals surface area (Å²) in [6.45, 7) is 4.50. The van der Waals surface area contributed by atoms with Gasteiger partial charge in [-0.3, -0.25) is 0 Å². The van der Waals surface area contributed by atoms with Gasteiger partial charge >= 0.3 is 6.18 Å². The summed E-state index contributed by atoms with van der Waals surface area (Å²) in [6.07, 6.45) is -0.868. The third kappa shape index (κ3) is 4.78. The van der Waals surface area contributed by atoms with Gasteiger partial charge in [-0.15, -0.1) is 0 Å². The van der Waals surface area contributed by atoms with Crippen LogP contribution in [0, 0.1) is 0 Å². The number of nitrogens with zero attached hydrogens (tertiary/aromatic N) is 4. The molecule has 1 aliphatic heterocycles. The van der Waals surface area contributed by atoms with Crippen molar-refractivity contribution in [1.29, 1.82) is 0 Å². The van der Waals surface area contributed by atoms with E-state index in [1.54, 1.807) is 12.1 Å². The average Bonchev–Trinajstić information content (AvgIpc) is 3.44. The average molecular weight is 545 g/mol. The van der Waals surface area contributed by atoms with Crippen LogP contribution in [0.5, 0.6) is 5.75 Å². The largest absolute Gasteiger partial charge is 0.487 e. The van der Waals surface area contributed by atoms with Crippen LogP contribution in [-0.2, 0) is 6.18 Å². The summed E-state index contributed by atoms with van der Waals surface area (Å²) < 4.78 is 51.7. The third-order valence-electron chi connectivity index (χ3n) is 5.38. The van der Waals surface area contributed by atoms with Crippen LogP contribution in [0.1, 0.15) is 18.4 Å². The smallest absolute Gasteiger partial charge is 0.417 e. The lowest BCUT2D eigenvalue weighted by Gasteiger charge is -2.26. The van der Waals surface area contributed by atoms with Crippen molar-refractivity contribution in [1.82, 2.24) is 24.8 Å². The van der Waals surface area contributed by atoms with E-state index in [0.717, 1.165) is 35.2 Å². The number of imidazole rings is 1. The number of allylic oxidation sites excluding steroid dienone is 1. The molecule has 7 nitrogen and oxygen atoms in total. The molecule has 182 valence electrons. The Hall–Kier alpha value is -2.95. The second-order valence-electron chi connectivity index (χ2n) is 7.88. The Morgan fingerprint density at radius 1 is 1.09 bits per heavy atom. The van der Waals surface area contributed by atoms with E-state index in [1.807, 2.05) is 0 Å². The molecule has 1 atom stereocenters. The molecule has 1 aromatic carbocycles. The molecule has 13 heteroatoms. The predicted molar refractivity (Wildman–Crippen MR) is 125 cm³/mol. The van der Waals surface area contributed by atoms with Crippen molar-refractivity contribution in [3.8, 4) is 28.7 Å². The lowest BCUT2D eigenvalue weighted by atomic mass is 10.1. The van der Waals surface area contributed by atoms with E-state index in [-0.39, 0.29) is 39.2 Å². The number of fused-ring (bicyclic) bond motifs is 1. The molecular weight excluding hydrogens is 530 g/mol. The van der Waals surface area contributed by atoms with Crippen LogP contribution in [-0.4, -0.2) is 32.2 Å². The Kier molecular flexibility index (Phi) is 6.06. The second kappa shape index (κ2) is 8.92. The fourth-order valence-corrected chi connectivity index (χ4v) is 4.31. The Labute approximate surface area is 211 Å². The van der Waals surface area contributed by atoms with Crippen molar-refractivity contribution in [2.24, 2.45) is 0 Å². The molecular formula is C22H15Cl3F3N5O2. The van der Waals surface area contributed by atoms with E-state index >= 15 is 0 Å². The minimum absolute atomic E-state index is 0.0330. The lowest BCUT2D eigenvalue weighted by Crippen LogP contribution is -2.35. The zero-order valence-electron chi connectivity index (χ0n) is 17.7. The molecule has 1 aliphatic rings. The monoisotopic (exact) mass is 543 g/mol. The van der Waals surface area contributed by atoms with Crippen molar-refractivity contribution in [3.05, 3.63) is 63.5 Å². The van der Waals surface area contributed by atoms with Crippen molar-refractivity contribution < 1.29 is 22.4 Å². The fraction of sp³-hybridized carbons (Fsp3) is 0.227. The summed E-state index contributed by atoms with van der Waals surface area (Å²) in [5.41, 5.74) is 0.681. The maximum Gasteiger partial charge on any atom is 0.417 e. The van der Waals surface area contributed by atoms with E-state index < -0.39 is 11.7 Å². The number of ether oxygens (including phenoxy) is 1. The molecule has 0 radical (unpaired) electrons. The molecule has 4 heterocycles. The van der Waals surface area contributed by atoms with Gasteiger partial charge < -0.3 is 19.0 Å². The van der Waals surface area contributed by atoms with Crippen molar-refractivity contribution >= 4 is 40.4 Å². The summed E-state index contributed by atoms with van der Waals surface area (Å²) >= 11 is 18.9. The lowest BCUT2D eigenvalue weighted by molar-refractivity contribution is -0.137.